The highest BCUT2D eigenvalue weighted by Crippen LogP contribution is 2.17. The van der Waals surface area contributed by atoms with Gasteiger partial charge in [-0.05, 0) is 24.1 Å². The minimum absolute atomic E-state index is 0.983. The molecule has 2 rings (SSSR count). The Bertz CT molecular complexity index is 390. The van der Waals surface area contributed by atoms with Crippen LogP contribution in [0.15, 0.2) is 36.7 Å². The Balaban J connectivity index is 2.25. The Labute approximate surface area is 84.2 Å². The molecule has 1 radical (unpaired) electrons. The Morgan fingerprint density at radius 1 is 1.43 bits per heavy atom. The van der Waals surface area contributed by atoms with Crippen molar-refractivity contribution < 1.29 is 0 Å². The Kier molecular flexibility index (Phi) is 2.63. The summed E-state index contributed by atoms with van der Waals surface area (Å²) in [5.41, 5.74) is 2.34. The number of aromatic nitrogens is 2. The SMILES string of the molecule is CCCn1cc(-c2c[c]ccc2)cn1. The van der Waals surface area contributed by atoms with Crippen LogP contribution in [-0.2, 0) is 6.54 Å². The summed E-state index contributed by atoms with van der Waals surface area (Å²) in [5.74, 6) is 0. The number of hydrogen-bond acceptors (Lipinski definition) is 1. The van der Waals surface area contributed by atoms with Gasteiger partial charge in [-0.15, -0.1) is 0 Å². The second-order valence-electron chi connectivity index (χ2n) is 3.28. The van der Waals surface area contributed by atoms with Crippen LogP contribution >= 0.6 is 0 Å². The van der Waals surface area contributed by atoms with Crippen LogP contribution < -0.4 is 0 Å². The molecule has 0 aliphatic carbocycles. The van der Waals surface area contributed by atoms with E-state index in [9.17, 15) is 0 Å². The van der Waals surface area contributed by atoms with Crippen LogP contribution in [0, 0.1) is 6.07 Å². The lowest BCUT2D eigenvalue weighted by atomic mass is 10.1. The van der Waals surface area contributed by atoms with Gasteiger partial charge in [0.2, 0.25) is 0 Å². The second kappa shape index (κ2) is 4.09. The fourth-order valence-electron chi connectivity index (χ4n) is 1.44. The van der Waals surface area contributed by atoms with Gasteiger partial charge < -0.3 is 0 Å². The highest BCUT2D eigenvalue weighted by Gasteiger charge is 1.99. The van der Waals surface area contributed by atoms with Crippen LogP contribution in [-0.4, -0.2) is 9.78 Å². The summed E-state index contributed by atoms with van der Waals surface area (Å²) in [6.07, 6.45) is 5.09. The summed E-state index contributed by atoms with van der Waals surface area (Å²) in [6.45, 7) is 3.13. The van der Waals surface area contributed by atoms with Crippen molar-refractivity contribution in [3.8, 4) is 11.1 Å². The maximum Gasteiger partial charge on any atom is 0.0568 e. The third-order valence-corrected chi connectivity index (χ3v) is 2.13. The van der Waals surface area contributed by atoms with E-state index >= 15 is 0 Å². The molecule has 0 N–H and O–H groups in total. The topological polar surface area (TPSA) is 17.8 Å². The molecular formula is C12H13N2. The van der Waals surface area contributed by atoms with E-state index in [-0.39, 0.29) is 0 Å². The highest BCUT2D eigenvalue weighted by molar-refractivity contribution is 5.60. The van der Waals surface area contributed by atoms with Gasteiger partial charge in [0.15, 0.2) is 0 Å². The van der Waals surface area contributed by atoms with Crippen molar-refractivity contribution in [2.45, 2.75) is 19.9 Å². The average Bonchev–Trinajstić information content (AvgIpc) is 2.68. The Morgan fingerprint density at radius 3 is 3.07 bits per heavy atom. The maximum atomic E-state index is 4.29. The van der Waals surface area contributed by atoms with Crippen LogP contribution in [0.3, 0.4) is 0 Å². The number of aryl methyl sites for hydroxylation is 1. The first-order chi connectivity index (χ1) is 6.90. The lowest BCUT2D eigenvalue weighted by molar-refractivity contribution is 0.603. The summed E-state index contributed by atoms with van der Waals surface area (Å²) < 4.78 is 1.97. The number of nitrogens with zero attached hydrogens (tertiary/aromatic N) is 2. The van der Waals surface area contributed by atoms with Gasteiger partial charge in [0, 0.05) is 18.3 Å². The van der Waals surface area contributed by atoms with Gasteiger partial charge >= 0.3 is 0 Å². The molecule has 0 atom stereocenters. The lowest BCUT2D eigenvalue weighted by Crippen LogP contribution is -1.95. The molecule has 0 fully saturated rings. The van der Waals surface area contributed by atoms with Gasteiger partial charge in [-0.2, -0.15) is 5.10 Å². The molecule has 0 unspecified atom stereocenters. The van der Waals surface area contributed by atoms with E-state index in [0.717, 1.165) is 18.5 Å². The van der Waals surface area contributed by atoms with Gasteiger partial charge in [-0.25, -0.2) is 0 Å². The number of rotatable bonds is 3. The average molecular weight is 185 g/mol. The van der Waals surface area contributed by atoms with E-state index in [2.05, 4.69) is 30.4 Å². The van der Waals surface area contributed by atoms with Crippen LogP contribution in [0.1, 0.15) is 13.3 Å². The summed E-state index contributed by atoms with van der Waals surface area (Å²) in [4.78, 5) is 0. The van der Waals surface area contributed by atoms with Gasteiger partial charge in [0.05, 0.1) is 6.20 Å². The van der Waals surface area contributed by atoms with Crippen molar-refractivity contribution in [3.63, 3.8) is 0 Å². The predicted molar refractivity (Wildman–Crippen MR) is 56.8 cm³/mol. The van der Waals surface area contributed by atoms with Crippen molar-refractivity contribution in [3.05, 3.63) is 42.7 Å². The van der Waals surface area contributed by atoms with E-state index < -0.39 is 0 Å². The molecule has 2 nitrogen and oxygen atoms in total. The van der Waals surface area contributed by atoms with Crippen LogP contribution in [0.5, 0.6) is 0 Å². The van der Waals surface area contributed by atoms with E-state index in [1.165, 1.54) is 5.56 Å². The molecular weight excluding hydrogens is 172 g/mol. The summed E-state index contributed by atoms with van der Waals surface area (Å²) in [5, 5.41) is 4.29. The quantitative estimate of drug-likeness (QED) is 0.719. The molecule has 0 bridgehead atoms. The zero-order valence-corrected chi connectivity index (χ0v) is 8.27. The molecule has 1 aromatic heterocycles. The number of hydrogen-bond donors (Lipinski definition) is 0. The molecule has 14 heavy (non-hydrogen) atoms. The monoisotopic (exact) mass is 185 g/mol. The molecule has 1 aromatic carbocycles. The van der Waals surface area contributed by atoms with Gasteiger partial charge in [0.25, 0.3) is 0 Å². The molecule has 0 spiro atoms. The summed E-state index contributed by atoms with van der Waals surface area (Å²) in [7, 11) is 0. The standard InChI is InChI=1S/C12H13N2/c1-2-8-14-10-12(9-13-14)11-6-4-3-5-7-11/h3-4,6-7,9-10H,2,8H2,1H3. The zero-order valence-electron chi connectivity index (χ0n) is 8.27. The normalized spacial score (nSPS) is 10.4. The van der Waals surface area contributed by atoms with Crippen LogP contribution in [0.2, 0.25) is 0 Å². The Hall–Kier alpha value is -1.57. The van der Waals surface area contributed by atoms with Gasteiger partial charge in [-0.3, -0.25) is 4.68 Å². The molecule has 0 amide bonds. The van der Waals surface area contributed by atoms with Crippen molar-refractivity contribution in [2.75, 3.05) is 0 Å². The molecule has 0 saturated carbocycles. The molecule has 2 heteroatoms. The molecule has 1 heterocycles. The third-order valence-electron chi connectivity index (χ3n) is 2.13. The first-order valence-corrected chi connectivity index (χ1v) is 4.89. The summed E-state index contributed by atoms with van der Waals surface area (Å²) >= 11 is 0. The zero-order chi connectivity index (χ0) is 9.80. The van der Waals surface area contributed by atoms with Gasteiger partial charge in [-0.1, -0.05) is 25.1 Å². The maximum absolute atomic E-state index is 4.29. The molecule has 0 saturated heterocycles. The van der Waals surface area contributed by atoms with Crippen molar-refractivity contribution in [1.29, 1.82) is 0 Å². The second-order valence-corrected chi connectivity index (χ2v) is 3.28. The van der Waals surface area contributed by atoms with E-state index in [4.69, 9.17) is 0 Å². The predicted octanol–water partition coefficient (Wildman–Crippen LogP) is 2.76. The van der Waals surface area contributed by atoms with Crippen molar-refractivity contribution in [1.82, 2.24) is 9.78 Å². The summed E-state index contributed by atoms with van der Waals surface area (Å²) in [6, 6.07) is 11.0. The van der Waals surface area contributed by atoms with Crippen molar-refractivity contribution in [2.24, 2.45) is 0 Å². The first kappa shape index (κ1) is 9.00. The first-order valence-electron chi connectivity index (χ1n) is 4.89. The molecule has 0 aliphatic rings. The smallest absolute Gasteiger partial charge is 0.0568 e. The van der Waals surface area contributed by atoms with E-state index in [0.29, 0.717) is 0 Å². The third kappa shape index (κ3) is 1.84. The van der Waals surface area contributed by atoms with Gasteiger partial charge in [0.1, 0.15) is 0 Å². The molecule has 2 aromatic rings. The molecule has 0 aliphatic heterocycles. The van der Waals surface area contributed by atoms with Crippen LogP contribution in [0.25, 0.3) is 11.1 Å². The highest BCUT2D eigenvalue weighted by atomic mass is 15.3. The fourth-order valence-corrected chi connectivity index (χ4v) is 1.44. The fraction of sp³-hybridized carbons (Fsp3) is 0.250. The molecule has 71 valence electrons. The number of benzene rings is 1. The van der Waals surface area contributed by atoms with Crippen LogP contribution in [0.4, 0.5) is 0 Å². The van der Waals surface area contributed by atoms with E-state index in [1.807, 2.05) is 29.1 Å². The minimum Gasteiger partial charge on any atom is -0.272 e. The van der Waals surface area contributed by atoms with E-state index in [1.54, 1.807) is 0 Å². The Morgan fingerprint density at radius 2 is 2.36 bits per heavy atom. The van der Waals surface area contributed by atoms with Crippen molar-refractivity contribution >= 4 is 0 Å². The largest absolute Gasteiger partial charge is 0.272 e. The lowest BCUT2D eigenvalue weighted by Gasteiger charge is -1.96. The minimum atomic E-state index is 0.983.